The molecule has 1 saturated heterocycles. The van der Waals surface area contributed by atoms with Crippen LogP contribution in [0.25, 0.3) is 17.2 Å². The number of benzene rings is 3. The summed E-state index contributed by atoms with van der Waals surface area (Å²) in [5.74, 6) is -0.399. The molecule has 12 heteroatoms. The van der Waals surface area contributed by atoms with E-state index in [9.17, 15) is 14.4 Å². The van der Waals surface area contributed by atoms with Gasteiger partial charge in [-0.1, -0.05) is 41.6 Å². The minimum absolute atomic E-state index is 0.00498. The Bertz CT molecular complexity index is 1590. The number of likely N-dealkylation sites (N-methyl/N-ethyl adjacent to an activating group) is 1. The molecule has 0 aromatic heterocycles. The quantitative estimate of drug-likeness (QED) is 0.163. The number of aromatic carboxylic acids is 1. The predicted molar refractivity (Wildman–Crippen MR) is 179 cm³/mol. The maximum atomic E-state index is 13.4. The highest BCUT2D eigenvalue weighted by molar-refractivity contribution is 8.26. The number of ether oxygens (including phenoxy) is 2. The summed E-state index contributed by atoms with van der Waals surface area (Å²) in [5.41, 5.74) is 2.91. The van der Waals surface area contributed by atoms with E-state index in [1.165, 1.54) is 29.2 Å². The fraction of sp³-hybridized carbons (Fsp3) is 0.250. The number of thiocarbonyl (C=S) groups is 1. The van der Waals surface area contributed by atoms with Gasteiger partial charge in [0.25, 0.3) is 5.91 Å². The Balaban J connectivity index is 1.52. The second-order valence-corrected chi connectivity index (χ2v) is 12.1. The standard InChI is InChI=1S/C32H32ClN3O6S2/c1-4-41-24-10-11-25(26(33)19-24)21-7-12-27(42-16-15-35(2)3)22(17-21)18-28-30(38)36(32(43)44-28)14-13-29(37)34-23-8-5-20(6-9-23)31(39)40/h5-12,17-19H,4,13-16H2,1-3H3,(H,34,37)(H,39,40)/b28-18-. The summed E-state index contributed by atoms with van der Waals surface area (Å²) in [7, 11) is 3.92. The topological polar surface area (TPSA) is 108 Å². The summed E-state index contributed by atoms with van der Waals surface area (Å²) in [5, 5.41) is 12.3. The highest BCUT2D eigenvalue weighted by Crippen LogP contribution is 2.38. The first-order valence-electron chi connectivity index (χ1n) is 13.8. The van der Waals surface area contributed by atoms with E-state index in [0.29, 0.717) is 56.8 Å². The highest BCUT2D eigenvalue weighted by atomic mass is 35.5. The first-order chi connectivity index (χ1) is 21.0. The lowest BCUT2D eigenvalue weighted by molar-refractivity contribution is -0.122. The molecule has 2 amide bonds. The lowest BCUT2D eigenvalue weighted by Crippen LogP contribution is -2.31. The molecule has 2 N–H and O–H groups in total. The first kappa shape index (κ1) is 33.0. The Morgan fingerprint density at radius 2 is 1.84 bits per heavy atom. The molecular formula is C32H32ClN3O6S2. The van der Waals surface area contributed by atoms with Crippen LogP contribution < -0.4 is 14.8 Å². The number of thioether (sulfide) groups is 1. The van der Waals surface area contributed by atoms with E-state index in [1.54, 1.807) is 12.1 Å². The van der Waals surface area contributed by atoms with Crippen molar-refractivity contribution in [3.05, 3.63) is 81.7 Å². The van der Waals surface area contributed by atoms with Gasteiger partial charge in [-0.25, -0.2) is 4.79 Å². The van der Waals surface area contributed by atoms with E-state index in [0.717, 1.165) is 22.9 Å². The Morgan fingerprint density at radius 1 is 1.09 bits per heavy atom. The van der Waals surface area contributed by atoms with Crippen LogP contribution in [0.5, 0.6) is 11.5 Å². The molecule has 1 fully saturated rings. The smallest absolute Gasteiger partial charge is 0.335 e. The van der Waals surface area contributed by atoms with Gasteiger partial charge >= 0.3 is 5.97 Å². The average molecular weight is 654 g/mol. The zero-order valence-corrected chi connectivity index (χ0v) is 26.9. The zero-order chi connectivity index (χ0) is 31.8. The minimum atomic E-state index is -1.05. The van der Waals surface area contributed by atoms with Crippen molar-refractivity contribution in [2.24, 2.45) is 0 Å². The number of nitrogens with one attached hydrogen (secondary N) is 1. The van der Waals surface area contributed by atoms with Gasteiger partial charge in [0, 0.05) is 36.3 Å². The molecule has 3 aromatic rings. The first-order valence-corrected chi connectivity index (χ1v) is 15.4. The number of anilines is 1. The second-order valence-electron chi connectivity index (χ2n) is 9.99. The molecule has 1 aliphatic rings. The van der Waals surface area contributed by atoms with E-state index in [2.05, 4.69) is 5.32 Å². The molecule has 4 rings (SSSR count). The molecule has 0 bridgehead atoms. The van der Waals surface area contributed by atoms with Crippen LogP contribution in [0.3, 0.4) is 0 Å². The van der Waals surface area contributed by atoms with Crippen molar-refractivity contribution in [1.82, 2.24) is 9.80 Å². The molecule has 1 heterocycles. The van der Waals surface area contributed by atoms with Gasteiger partial charge in [0.1, 0.15) is 22.4 Å². The van der Waals surface area contributed by atoms with Crippen LogP contribution in [0.15, 0.2) is 65.6 Å². The summed E-state index contributed by atoms with van der Waals surface area (Å²) in [6.45, 7) is 3.69. The van der Waals surface area contributed by atoms with Gasteiger partial charge in [-0.3, -0.25) is 14.5 Å². The number of hydrogen-bond acceptors (Lipinski definition) is 8. The zero-order valence-electron chi connectivity index (χ0n) is 24.5. The molecule has 0 spiro atoms. The number of carbonyl (C=O) groups excluding carboxylic acids is 2. The maximum absolute atomic E-state index is 13.4. The largest absolute Gasteiger partial charge is 0.494 e. The molecule has 230 valence electrons. The van der Waals surface area contributed by atoms with Crippen molar-refractivity contribution in [3.63, 3.8) is 0 Å². The van der Waals surface area contributed by atoms with Crippen LogP contribution in [0.2, 0.25) is 5.02 Å². The van der Waals surface area contributed by atoms with Gasteiger partial charge in [0.15, 0.2) is 0 Å². The summed E-state index contributed by atoms with van der Waals surface area (Å²) >= 11 is 13.3. The summed E-state index contributed by atoms with van der Waals surface area (Å²) in [6.07, 6.45) is 1.76. The Kier molecular flexibility index (Phi) is 11.4. The lowest BCUT2D eigenvalue weighted by atomic mass is 10.0. The Hall–Kier alpha value is -3.90. The Morgan fingerprint density at radius 3 is 2.50 bits per heavy atom. The number of halogens is 1. The summed E-state index contributed by atoms with van der Waals surface area (Å²) in [6, 6.07) is 17.1. The molecule has 0 aliphatic carbocycles. The molecule has 0 saturated carbocycles. The van der Waals surface area contributed by atoms with E-state index in [1.807, 2.05) is 56.3 Å². The summed E-state index contributed by atoms with van der Waals surface area (Å²) in [4.78, 5) is 40.8. The van der Waals surface area contributed by atoms with Gasteiger partial charge < -0.3 is 24.8 Å². The minimum Gasteiger partial charge on any atom is -0.494 e. The molecule has 0 atom stereocenters. The van der Waals surface area contributed by atoms with Crippen LogP contribution in [0.4, 0.5) is 5.69 Å². The number of amides is 2. The fourth-order valence-electron chi connectivity index (χ4n) is 4.25. The van der Waals surface area contributed by atoms with Crippen LogP contribution in [0.1, 0.15) is 29.3 Å². The normalized spacial score (nSPS) is 13.9. The van der Waals surface area contributed by atoms with Gasteiger partial charge in [-0.15, -0.1) is 0 Å². The molecule has 9 nitrogen and oxygen atoms in total. The molecule has 0 radical (unpaired) electrons. The van der Waals surface area contributed by atoms with E-state index in [4.69, 9.17) is 38.4 Å². The van der Waals surface area contributed by atoms with Crippen molar-refractivity contribution in [1.29, 1.82) is 0 Å². The van der Waals surface area contributed by atoms with Crippen LogP contribution in [-0.4, -0.2) is 77.4 Å². The number of carboxylic acid groups (broad SMARTS) is 1. The lowest BCUT2D eigenvalue weighted by Gasteiger charge is -2.15. The number of nitrogens with zero attached hydrogens (tertiary/aromatic N) is 2. The van der Waals surface area contributed by atoms with Crippen LogP contribution >= 0.6 is 35.6 Å². The average Bonchev–Trinajstić information content (AvgIpc) is 3.24. The summed E-state index contributed by atoms with van der Waals surface area (Å²) < 4.78 is 12.0. The van der Waals surface area contributed by atoms with Gasteiger partial charge in [-0.2, -0.15) is 0 Å². The van der Waals surface area contributed by atoms with E-state index < -0.39 is 5.97 Å². The second kappa shape index (κ2) is 15.2. The predicted octanol–water partition coefficient (Wildman–Crippen LogP) is 6.27. The van der Waals surface area contributed by atoms with Crippen molar-refractivity contribution < 1.29 is 29.0 Å². The number of carbonyl (C=O) groups is 3. The van der Waals surface area contributed by atoms with Gasteiger partial charge in [0.2, 0.25) is 5.91 Å². The van der Waals surface area contributed by atoms with Crippen molar-refractivity contribution in [2.45, 2.75) is 13.3 Å². The molecular weight excluding hydrogens is 622 g/mol. The molecule has 3 aromatic carbocycles. The highest BCUT2D eigenvalue weighted by Gasteiger charge is 2.32. The number of rotatable bonds is 13. The third-order valence-corrected chi connectivity index (χ3v) is 8.20. The van der Waals surface area contributed by atoms with Crippen LogP contribution in [-0.2, 0) is 9.59 Å². The van der Waals surface area contributed by atoms with Crippen molar-refractivity contribution in [2.75, 3.05) is 45.7 Å². The maximum Gasteiger partial charge on any atom is 0.335 e. The van der Waals surface area contributed by atoms with Gasteiger partial charge in [0.05, 0.1) is 22.1 Å². The molecule has 1 aliphatic heterocycles. The van der Waals surface area contributed by atoms with Crippen LogP contribution in [0, 0.1) is 0 Å². The molecule has 0 unspecified atom stereocenters. The van der Waals surface area contributed by atoms with Gasteiger partial charge in [-0.05, 0) is 87.3 Å². The molecule has 44 heavy (non-hydrogen) atoms. The third-order valence-electron chi connectivity index (χ3n) is 6.51. The van der Waals surface area contributed by atoms with Crippen molar-refractivity contribution in [3.8, 4) is 22.6 Å². The number of hydrogen-bond donors (Lipinski definition) is 2. The Labute approximate surface area is 270 Å². The fourth-order valence-corrected chi connectivity index (χ4v) is 5.83. The third kappa shape index (κ3) is 8.60. The number of carboxylic acids is 1. The van der Waals surface area contributed by atoms with Crippen molar-refractivity contribution >= 4 is 69.4 Å². The van der Waals surface area contributed by atoms with E-state index in [-0.39, 0.29) is 30.3 Å². The SMILES string of the molecule is CCOc1ccc(-c2ccc(OCCN(C)C)c(/C=C3\SC(=S)N(CCC(=O)Nc4ccc(C(=O)O)cc4)C3=O)c2)c(Cl)c1. The van der Waals surface area contributed by atoms with E-state index >= 15 is 0 Å². The monoisotopic (exact) mass is 653 g/mol.